The number of carbonyl (C=O) groups excluding carboxylic acids is 2. The number of esters is 1. The number of ether oxygens (including phenoxy) is 2. The zero-order valence-corrected chi connectivity index (χ0v) is 11.8. The van der Waals surface area contributed by atoms with Gasteiger partial charge in [0.25, 0.3) is 0 Å². The molecule has 1 saturated heterocycles. The molecule has 0 spiro atoms. The van der Waals surface area contributed by atoms with E-state index < -0.39 is 5.41 Å². The van der Waals surface area contributed by atoms with Crippen molar-refractivity contribution in [2.75, 3.05) is 20.2 Å². The van der Waals surface area contributed by atoms with Gasteiger partial charge in [0.1, 0.15) is 6.61 Å². The summed E-state index contributed by atoms with van der Waals surface area (Å²) >= 11 is 0. The molecule has 5 heteroatoms. The summed E-state index contributed by atoms with van der Waals surface area (Å²) in [7, 11) is 1.37. The second kappa shape index (κ2) is 5.94. The minimum absolute atomic E-state index is 0.241. The van der Waals surface area contributed by atoms with Crippen LogP contribution in [0.15, 0.2) is 30.3 Å². The monoisotopic (exact) mass is 277 g/mol. The van der Waals surface area contributed by atoms with Crippen LogP contribution in [0.5, 0.6) is 0 Å². The quantitative estimate of drug-likeness (QED) is 0.795. The Bertz CT molecular complexity index is 488. The summed E-state index contributed by atoms with van der Waals surface area (Å²) in [6.07, 6.45) is 0.210. The fourth-order valence-electron chi connectivity index (χ4n) is 2.34. The molecule has 20 heavy (non-hydrogen) atoms. The van der Waals surface area contributed by atoms with E-state index in [-0.39, 0.29) is 18.7 Å². The van der Waals surface area contributed by atoms with Gasteiger partial charge in [-0.25, -0.2) is 4.79 Å². The number of hydrogen-bond donors (Lipinski definition) is 0. The Morgan fingerprint density at radius 2 is 2.00 bits per heavy atom. The van der Waals surface area contributed by atoms with Crippen molar-refractivity contribution in [3.05, 3.63) is 35.9 Å². The summed E-state index contributed by atoms with van der Waals surface area (Å²) in [6, 6.07) is 9.50. The van der Waals surface area contributed by atoms with Gasteiger partial charge < -0.3 is 14.4 Å². The number of benzene rings is 1. The Morgan fingerprint density at radius 3 is 2.65 bits per heavy atom. The van der Waals surface area contributed by atoms with E-state index in [4.69, 9.17) is 9.47 Å². The van der Waals surface area contributed by atoms with Gasteiger partial charge in [0, 0.05) is 13.1 Å². The zero-order chi connectivity index (χ0) is 14.6. The standard InChI is InChI=1S/C15H19NO4/c1-15(13(17)19-2)8-9-16(11-15)14(18)20-10-12-6-4-3-5-7-12/h3-7H,8-11H2,1-2H3/t15-/m0/s1. The molecule has 0 N–H and O–H groups in total. The van der Waals surface area contributed by atoms with Crippen molar-refractivity contribution in [2.24, 2.45) is 5.41 Å². The summed E-state index contributed by atoms with van der Waals surface area (Å²) in [6.45, 7) is 2.90. The lowest BCUT2D eigenvalue weighted by Crippen LogP contribution is -2.35. The molecule has 1 aliphatic rings. The Balaban J connectivity index is 1.87. The van der Waals surface area contributed by atoms with Crippen LogP contribution >= 0.6 is 0 Å². The van der Waals surface area contributed by atoms with E-state index >= 15 is 0 Å². The molecule has 0 aromatic heterocycles. The second-order valence-corrected chi connectivity index (χ2v) is 5.26. The highest BCUT2D eigenvalue weighted by atomic mass is 16.6. The van der Waals surface area contributed by atoms with Gasteiger partial charge in [0.05, 0.1) is 12.5 Å². The molecule has 1 aliphatic heterocycles. The number of hydrogen-bond acceptors (Lipinski definition) is 4. The number of carbonyl (C=O) groups is 2. The van der Waals surface area contributed by atoms with Crippen molar-refractivity contribution < 1.29 is 19.1 Å². The number of methoxy groups -OCH3 is 1. The van der Waals surface area contributed by atoms with Crippen LogP contribution in [0.1, 0.15) is 18.9 Å². The summed E-state index contributed by atoms with van der Waals surface area (Å²) in [5, 5.41) is 0. The van der Waals surface area contributed by atoms with E-state index in [1.807, 2.05) is 37.3 Å². The molecule has 0 radical (unpaired) electrons. The van der Waals surface area contributed by atoms with Crippen LogP contribution in [0.3, 0.4) is 0 Å². The third-order valence-corrected chi connectivity index (χ3v) is 3.61. The molecule has 1 aromatic carbocycles. The van der Waals surface area contributed by atoms with Gasteiger partial charge in [0.2, 0.25) is 0 Å². The van der Waals surface area contributed by atoms with Crippen LogP contribution < -0.4 is 0 Å². The first-order valence-electron chi connectivity index (χ1n) is 6.59. The van der Waals surface area contributed by atoms with E-state index in [1.165, 1.54) is 7.11 Å². The molecule has 0 bridgehead atoms. The van der Waals surface area contributed by atoms with Crippen LogP contribution in [0.2, 0.25) is 0 Å². The molecular weight excluding hydrogens is 258 g/mol. The molecule has 5 nitrogen and oxygen atoms in total. The molecule has 1 aromatic rings. The molecule has 0 aliphatic carbocycles. The van der Waals surface area contributed by atoms with Gasteiger partial charge in [-0.3, -0.25) is 4.79 Å². The highest BCUT2D eigenvalue weighted by Crippen LogP contribution is 2.31. The van der Waals surface area contributed by atoms with Gasteiger partial charge in [-0.15, -0.1) is 0 Å². The largest absolute Gasteiger partial charge is 0.469 e. The highest BCUT2D eigenvalue weighted by Gasteiger charge is 2.43. The Kier molecular flexibility index (Phi) is 4.27. The molecule has 2 rings (SSSR count). The third kappa shape index (κ3) is 3.10. The third-order valence-electron chi connectivity index (χ3n) is 3.61. The fourth-order valence-corrected chi connectivity index (χ4v) is 2.34. The van der Waals surface area contributed by atoms with Crippen molar-refractivity contribution in [3.8, 4) is 0 Å². The van der Waals surface area contributed by atoms with Gasteiger partial charge in [-0.2, -0.15) is 0 Å². The number of nitrogens with zero attached hydrogens (tertiary/aromatic N) is 1. The maximum Gasteiger partial charge on any atom is 0.410 e. The molecule has 108 valence electrons. The van der Waals surface area contributed by atoms with Crippen molar-refractivity contribution in [1.29, 1.82) is 0 Å². The predicted molar refractivity (Wildman–Crippen MR) is 72.9 cm³/mol. The molecule has 0 saturated carbocycles. The lowest BCUT2D eigenvalue weighted by molar-refractivity contribution is -0.150. The average molecular weight is 277 g/mol. The second-order valence-electron chi connectivity index (χ2n) is 5.26. The minimum atomic E-state index is -0.624. The lowest BCUT2D eigenvalue weighted by atomic mass is 9.90. The van der Waals surface area contributed by atoms with E-state index in [0.29, 0.717) is 19.5 Å². The highest BCUT2D eigenvalue weighted by molar-refractivity contribution is 5.79. The van der Waals surface area contributed by atoms with E-state index in [2.05, 4.69) is 0 Å². The number of rotatable bonds is 3. The van der Waals surface area contributed by atoms with Crippen LogP contribution in [-0.2, 0) is 20.9 Å². The van der Waals surface area contributed by atoms with Crippen LogP contribution in [0, 0.1) is 5.41 Å². The maximum atomic E-state index is 12.0. The van der Waals surface area contributed by atoms with Crippen molar-refractivity contribution in [1.82, 2.24) is 4.90 Å². The molecular formula is C15H19NO4. The number of likely N-dealkylation sites (tertiary alicyclic amines) is 1. The SMILES string of the molecule is COC(=O)[C@@]1(C)CCN(C(=O)OCc2ccccc2)C1. The Labute approximate surface area is 118 Å². The summed E-state index contributed by atoms with van der Waals surface area (Å²) < 4.78 is 10.0. The van der Waals surface area contributed by atoms with Crippen molar-refractivity contribution in [2.45, 2.75) is 20.0 Å². The Hall–Kier alpha value is -2.04. The van der Waals surface area contributed by atoms with Crippen LogP contribution in [-0.4, -0.2) is 37.2 Å². The van der Waals surface area contributed by atoms with Crippen molar-refractivity contribution >= 4 is 12.1 Å². The topological polar surface area (TPSA) is 55.8 Å². The first-order valence-corrected chi connectivity index (χ1v) is 6.59. The summed E-state index contributed by atoms with van der Waals surface area (Å²) in [5.74, 6) is -0.282. The average Bonchev–Trinajstić information content (AvgIpc) is 2.89. The molecule has 0 unspecified atom stereocenters. The predicted octanol–water partition coefficient (Wildman–Crippen LogP) is 2.21. The first kappa shape index (κ1) is 14.4. The molecule has 1 amide bonds. The zero-order valence-electron chi connectivity index (χ0n) is 11.8. The smallest absolute Gasteiger partial charge is 0.410 e. The number of amides is 1. The summed E-state index contributed by atoms with van der Waals surface area (Å²) in [5.41, 5.74) is 0.316. The summed E-state index contributed by atoms with van der Waals surface area (Å²) in [4.78, 5) is 25.2. The van der Waals surface area contributed by atoms with E-state index in [1.54, 1.807) is 4.90 Å². The lowest BCUT2D eigenvalue weighted by Gasteiger charge is -2.21. The van der Waals surface area contributed by atoms with Crippen LogP contribution in [0.25, 0.3) is 0 Å². The van der Waals surface area contributed by atoms with Crippen LogP contribution in [0.4, 0.5) is 4.79 Å². The maximum absolute atomic E-state index is 12.0. The van der Waals surface area contributed by atoms with Gasteiger partial charge in [-0.1, -0.05) is 30.3 Å². The molecule has 1 heterocycles. The van der Waals surface area contributed by atoms with E-state index in [0.717, 1.165) is 5.56 Å². The van der Waals surface area contributed by atoms with Crippen molar-refractivity contribution in [3.63, 3.8) is 0 Å². The Morgan fingerprint density at radius 1 is 1.30 bits per heavy atom. The molecule has 1 fully saturated rings. The van der Waals surface area contributed by atoms with Gasteiger partial charge in [-0.05, 0) is 18.9 Å². The van der Waals surface area contributed by atoms with Gasteiger partial charge >= 0.3 is 12.1 Å². The normalized spacial score (nSPS) is 21.6. The first-order chi connectivity index (χ1) is 9.55. The van der Waals surface area contributed by atoms with Gasteiger partial charge in [0.15, 0.2) is 0 Å². The van der Waals surface area contributed by atoms with E-state index in [9.17, 15) is 9.59 Å². The minimum Gasteiger partial charge on any atom is -0.469 e. The molecule has 1 atom stereocenters. The fraction of sp³-hybridized carbons (Fsp3) is 0.467.